The Labute approximate surface area is 136 Å². The topological polar surface area (TPSA) is 64.0 Å². The van der Waals surface area contributed by atoms with Crippen molar-refractivity contribution in [1.29, 1.82) is 0 Å². The first-order valence-electron chi connectivity index (χ1n) is 7.62. The third-order valence-electron chi connectivity index (χ3n) is 3.68. The molecular weight excluding hydrogens is 317 g/mol. The number of rotatable bonds is 7. The van der Waals surface area contributed by atoms with E-state index >= 15 is 0 Å². The number of hydrogen-bond acceptors (Lipinski definition) is 3. The first-order chi connectivity index (χ1) is 10.8. The van der Waals surface area contributed by atoms with E-state index < -0.39 is 10.0 Å². The lowest BCUT2D eigenvalue weighted by molar-refractivity contribution is 0.578. The molecule has 0 radical (unpaired) electrons. The van der Waals surface area contributed by atoms with Crippen molar-refractivity contribution in [1.82, 2.24) is 9.78 Å². The highest BCUT2D eigenvalue weighted by Crippen LogP contribution is 2.22. The molecule has 0 bridgehead atoms. The molecule has 0 atom stereocenters. The molecule has 0 aliphatic rings. The molecule has 126 valence electrons. The van der Waals surface area contributed by atoms with Gasteiger partial charge in [0.15, 0.2) is 0 Å². The molecule has 0 aliphatic heterocycles. The van der Waals surface area contributed by atoms with Crippen molar-refractivity contribution >= 4 is 15.7 Å². The van der Waals surface area contributed by atoms with Crippen LogP contribution < -0.4 is 4.72 Å². The second-order valence-electron chi connectivity index (χ2n) is 5.57. The highest BCUT2D eigenvalue weighted by molar-refractivity contribution is 7.92. The zero-order valence-electron chi connectivity index (χ0n) is 13.6. The summed E-state index contributed by atoms with van der Waals surface area (Å²) in [5.74, 6) is -0.217. The quantitative estimate of drug-likeness (QED) is 0.842. The Balaban J connectivity index is 2.24. The average molecular weight is 339 g/mol. The van der Waals surface area contributed by atoms with E-state index in [1.165, 1.54) is 6.07 Å². The normalized spacial score (nSPS) is 11.7. The van der Waals surface area contributed by atoms with Crippen molar-refractivity contribution in [2.75, 3.05) is 10.5 Å². The Morgan fingerprint density at radius 3 is 2.61 bits per heavy atom. The highest BCUT2D eigenvalue weighted by Gasteiger charge is 2.18. The van der Waals surface area contributed by atoms with Crippen LogP contribution in [0.1, 0.15) is 36.7 Å². The molecule has 1 heterocycles. The summed E-state index contributed by atoms with van der Waals surface area (Å²) in [4.78, 5) is 0. The van der Waals surface area contributed by atoms with Crippen LogP contribution in [0.15, 0.2) is 24.3 Å². The zero-order valence-corrected chi connectivity index (χ0v) is 14.5. The maximum absolute atomic E-state index is 13.8. The standard InChI is InChI=1S/C16H22FN3O2S/c1-4-5-10-23(21,22)19-16-12(2)18-20(13(16)3)11-14-8-6-7-9-15(14)17/h6-9,19H,4-5,10-11H2,1-3H3. The van der Waals surface area contributed by atoms with Gasteiger partial charge in [-0.15, -0.1) is 0 Å². The predicted molar refractivity (Wildman–Crippen MR) is 89.5 cm³/mol. The van der Waals surface area contributed by atoms with Crippen molar-refractivity contribution in [3.05, 3.63) is 47.0 Å². The second-order valence-corrected chi connectivity index (χ2v) is 7.41. The van der Waals surface area contributed by atoms with Gasteiger partial charge in [0.2, 0.25) is 10.0 Å². The fourth-order valence-electron chi connectivity index (χ4n) is 2.33. The number of nitrogens with zero attached hydrogens (tertiary/aromatic N) is 2. The number of anilines is 1. The van der Waals surface area contributed by atoms with Gasteiger partial charge in [-0.25, -0.2) is 12.8 Å². The summed E-state index contributed by atoms with van der Waals surface area (Å²) in [6, 6.07) is 6.48. The maximum Gasteiger partial charge on any atom is 0.232 e. The molecule has 0 spiro atoms. The monoisotopic (exact) mass is 339 g/mol. The molecule has 0 fully saturated rings. The fourth-order valence-corrected chi connectivity index (χ4v) is 3.70. The van der Waals surface area contributed by atoms with Gasteiger partial charge in [-0.05, 0) is 26.3 Å². The van der Waals surface area contributed by atoms with E-state index in [4.69, 9.17) is 0 Å². The fraction of sp³-hybridized carbons (Fsp3) is 0.438. The number of aromatic nitrogens is 2. The summed E-state index contributed by atoms with van der Waals surface area (Å²) < 4.78 is 42.1. The van der Waals surface area contributed by atoms with Crippen molar-refractivity contribution in [2.24, 2.45) is 0 Å². The third kappa shape index (κ3) is 4.31. The van der Waals surface area contributed by atoms with Crippen molar-refractivity contribution in [3.63, 3.8) is 0 Å². The van der Waals surface area contributed by atoms with Crippen molar-refractivity contribution < 1.29 is 12.8 Å². The predicted octanol–water partition coefficient (Wildman–Crippen LogP) is 3.23. The van der Waals surface area contributed by atoms with Gasteiger partial charge >= 0.3 is 0 Å². The minimum absolute atomic E-state index is 0.0842. The molecule has 7 heteroatoms. The number of benzene rings is 1. The van der Waals surface area contributed by atoms with Crippen LogP contribution in [0.25, 0.3) is 0 Å². The van der Waals surface area contributed by atoms with Crippen LogP contribution in [-0.4, -0.2) is 24.0 Å². The van der Waals surface area contributed by atoms with Crippen LogP contribution in [0, 0.1) is 19.7 Å². The molecule has 0 amide bonds. The third-order valence-corrected chi connectivity index (χ3v) is 5.02. The van der Waals surface area contributed by atoms with E-state index in [0.717, 1.165) is 6.42 Å². The van der Waals surface area contributed by atoms with E-state index in [1.807, 2.05) is 6.92 Å². The smallest absolute Gasteiger partial charge is 0.232 e. The number of unbranched alkanes of at least 4 members (excludes halogenated alkanes) is 1. The van der Waals surface area contributed by atoms with Crippen LogP contribution >= 0.6 is 0 Å². The molecule has 23 heavy (non-hydrogen) atoms. The Morgan fingerprint density at radius 1 is 1.26 bits per heavy atom. The summed E-state index contributed by atoms with van der Waals surface area (Å²) in [6.07, 6.45) is 1.42. The van der Waals surface area contributed by atoms with Gasteiger partial charge in [0.1, 0.15) is 5.82 Å². The molecule has 5 nitrogen and oxygen atoms in total. The van der Waals surface area contributed by atoms with Crippen LogP contribution in [0.2, 0.25) is 0 Å². The van der Waals surface area contributed by atoms with Gasteiger partial charge in [-0.3, -0.25) is 9.40 Å². The Kier molecular flexibility index (Phi) is 5.41. The van der Waals surface area contributed by atoms with Crippen LogP contribution in [0.4, 0.5) is 10.1 Å². The maximum atomic E-state index is 13.8. The number of sulfonamides is 1. The average Bonchev–Trinajstić information content (AvgIpc) is 2.75. The van der Waals surface area contributed by atoms with Crippen LogP contribution in [-0.2, 0) is 16.6 Å². The zero-order chi connectivity index (χ0) is 17.0. The van der Waals surface area contributed by atoms with Crippen LogP contribution in [0.5, 0.6) is 0 Å². The number of hydrogen-bond donors (Lipinski definition) is 1. The molecule has 2 aromatic rings. The summed E-state index contributed by atoms with van der Waals surface area (Å²) in [5, 5.41) is 4.33. The molecule has 0 aliphatic carbocycles. The van der Waals surface area contributed by atoms with Crippen molar-refractivity contribution in [2.45, 2.75) is 40.2 Å². The summed E-state index contributed by atoms with van der Waals surface area (Å²) in [6.45, 7) is 5.72. The number of halogens is 1. The van der Waals surface area contributed by atoms with E-state index in [0.29, 0.717) is 29.1 Å². The lowest BCUT2D eigenvalue weighted by atomic mass is 10.2. The van der Waals surface area contributed by atoms with Gasteiger partial charge in [-0.2, -0.15) is 5.10 Å². The minimum Gasteiger partial charge on any atom is -0.280 e. The molecule has 2 rings (SSSR count). The van der Waals surface area contributed by atoms with Crippen LogP contribution in [0.3, 0.4) is 0 Å². The van der Waals surface area contributed by atoms with Gasteiger partial charge in [0.25, 0.3) is 0 Å². The molecule has 0 saturated carbocycles. The van der Waals surface area contributed by atoms with E-state index in [-0.39, 0.29) is 18.1 Å². The van der Waals surface area contributed by atoms with Gasteiger partial charge in [-0.1, -0.05) is 31.5 Å². The van der Waals surface area contributed by atoms with Gasteiger partial charge < -0.3 is 0 Å². The van der Waals surface area contributed by atoms with E-state index in [9.17, 15) is 12.8 Å². The lowest BCUT2D eigenvalue weighted by Gasteiger charge is -2.09. The highest BCUT2D eigenvalue weighted by atomic mass is 32.2. The SMILES string of the molecule is CCCCS(=O)(=O)Nc1c(C)nn(Cc2ccccc2F)c1C. The largest absolute Gasteiger partial charge is 0.280 e. The Bertz CT molecular complexity index is 785. The molecule has 1 aromatic heterocycles. The molecule has 0 saturated heterocycles. The Hall–Kier alpha value is -1.89. The van der Waals surface area contributed by atoms with Crippen molar-refractivity contribution in [3.8, 4) is 0 Å². The lowest BCUT2D eigenvalue weighted by Crippen LogP contribution is -2.17. The second kappa shape index (κ2) is 7.12. The first-order valence-corrected chi connectivity index (χ1v) is 9.27. The summed E-state index contributed by atoms with van der Waals surface area (Å²) >= 11 is 0. The van der Waals surface area contributed by atoms with E-state index in [2.05, 4.69) is 9.82 Å². The summed E-state index contributed by atoms with van der Waals surface area (Å²) in [5.41, 5.74) is 2.25. The number of nitrogens with one attached hydrogen (secondary N) is 1. The summed E-state index contributed by atoms with van der Waals surface area (Å²) in [7, 11) is -3.39. The first kappa shape index (κ1) is 17.5. The minimum atomic E-state index is -3.39. The Morgan fingerprint density at radius 2 is 1.96 bits per heavy atom. The van der Waals surface area contributed by atoms with Gasteiger partial charge in [0.05, 0.1) is 29.4 Å². The molecule has 1 aromatic carbocycles. The molecular formula is C16H22FN3O2S. The van der Waals surface area contributed by atoms with Gasteiger partial charge in [0, 0.05) is 5.56 Å². The van der Waals surface area contributed by atoms with E-state index in [1.54, 1.807) is 36.7 Å². The molecule has 0 unspecified atom stereocenters. The molecule has 1 N–H and O–H groups in total. The number of aryl methyl sites for hydroxylation is 1.